The normalized spacial score (nSPS) is 11.9. The van der Waals surface area contributed by atoms with E-state index in [9.17, 15) is 19.5 Å². The fourth-order valence-corrected chi connectivity index (χ4v) is 3.02. The van der Waals surface area contributed by atoms with Crippen LogP contribution in [-0.4, -0.2) is 23.7 Å². The van der Waals surface area contributed by atoms with Gasteiger partial charge in [0.25, 0.3) is 10.9 Å². The average molecular weight is 378 g/mol. The molecule has 144 valence electrons. The molecule has 1 atom stereocenters. The second kappa shape index (κ2) is 8.52. The highest BCUT2D eigenvalue weighted by atomic mass is 16.4. The van der Waals surface area contributed by atoms with Crippen LogP contribution in [0.15, 0.2) is 64.2 Å². The van der Waals surface area contributed by atoms with Gasteiger partial charge in [0.1, 0.15) is 17.4 Å². The van der Waals surface area contributed by atoms with Gasteiger partial charge in [-0.2, -0.15) is 0 Å². The molecule has 0 saturated heterocycles. The first-order valence-electron chi connectivity index (χ1n) is 9.22. The molecule has 28 heavy (non-hydrogen) atoms. The molecule has 0 heterocycles. The number of hydrogen-bond acceptors (Lipinski definition) is 5. The largest absolute Gasteiger partial charge is 0.480 e. The van der Waals surface area contributed by atoms with Gasteiger partial charge >= 0.3 is 5.97 Å². The summed E-state index contributed by atoms with van der Waals surface area (Å²) in [5, 5.41) is 15.2. The molecule has 6 heteroatoms. The van der Waals surface area contributed by atoms with Gasteiger partial charge in [0, 0.05) is 13.0 Å². The summed E-state index contributed by atoms with van der Waals surface area (Å²) in [5.74, 6) is -1.08. The van der Waals surface area contributed by atoms with Gasteiger partial charge in [-0.3, -0.25) is 9.59 Å². The summed E-state index contributed by atoms with van der Waals surface area (Å²) >= 11 is 0. The van der Waals surface area contributed by atoms with Crippen molar-refractivity contribution in [1.82, 2.24) is 0 Å². The van der Waals surface area contributed by atoms with Crippen molar-refractivity contribution >= 4 is 17.3 Å². The molecule has 0 aliphatic carbocycles. The van der Waals surface area contributed by atoms with E-state index in [1.54, 1.807) is 0 Å². The first-order valence-corrected chi connectivity index (χ1v) is 9.22. The number of hydrogen-bond donors (Lipinski definition) is 3. The topological polar surface area (TPSA) is 95.5 Å². The predicted octanol–water partition coefficient (Wildman–Crippen LogP) is 2.88. The molecule has 0 saturated carbocycles. The fraction of sp³-hybridized carbons (Fsp3) is 0.227. The summed E-state index contributed by atoms with van der Waals surface area (Å²) in [5.41, 5.74) is 1.90. The molecule has 0 bridgehead atoms. The van der Waals surface area contributed by atoms with E-state index >= 15 is 0 Å². The molecule has 0 aliphatic rings. The second-order valence-electron chi connectivity index (χ2n) is 6.64. The lowest BCUT2D eigenvalue weighted by Crippen LogP contribution is -2.42. The van der Waals surface area contributed by atoms with Crippen molar-refractivity contribution in [2.24, 2.45) is 0 Å². The number of carboxylic acids is 1. The molecule has 0 spiro atoms. The van der Waals surface area contributed by atoms with E-state index in [1.807, 2.05) is 61.5 Å². The van der Waals surface area contributed by atoms with Gasteiger partial charge in [0.2, 0.25) is 0 Å². The molecular weight excluding hydrogens is 356 g/mol. The number of nitrogens with one attached hydrogen (secondary N) is 2. The summed E-state index contributed by atoms with van der Waals surface area (Å²) in [6.07, 6.45) is 0.977. The molecule has 3 rings (SSSR count). The van der Waals surface area contributed by atoms with Crippen LogP contribution in [0.2, 0.25) is 0 Å². The highest BCUT2D eigenvalue weighted by molar-refractivity contribution is 5.82. The van der Waals surface area contributed by atoms with Crippen molar-refractivity contribution in [3.8, 4) is 11.1 Å². The molecule has 3 aromatic rings. The molecule has 0 aromatic heterocycles. The van der Waals surface area contributed by atoms with Crippen LogP contribution in [-0.2, 0) is 11.2 Å². The summed E-state index contributed by atoms with van der Waals surface area (Å²) in [7, 11) is 0. The van der Waals surface area contributed by atoms with Crippen LogP contribution in [0.5, 0.6) is 0 Å². The predicted molar refractivity (Wildman–Crippen MR) is 111 cm³/mol. The Morgan fingerprint density at radius 2 is 1.54 bits per heavy atom. The molecule has 3 aromatic carbocycles. The third kappa shape index (κ3) is 4.11. The van der Waals surface area contributed by atoms with Crippen molar-refractivity contribution in [1.29, 1.82) is 0 Å². The lowest BCUT2D eigenvalue weighted by Gasteiger charge is -2.20. The molecular formula is C22H22N2O4. The second-order valence-corrected chi connectivity index (χ2v) is 6.64. The van der Waals surface area contributed by atoms with Gasteiger partial charge in [-0.05, 0) is 23.1 Å². The van der Waals surface area contributed by atoms with Crippen molar-refractivity contribution in [3.63, 3.8) is 0 Å². The number of carbonyl (C=O) groups is 1. The minimum absolute atomic E-state index is 0.0618. The minimum Gasteiger partial charge on any atom is -0.480 e. The van der Waals surface area contributed by atoms with E-state index in [4.69, 9.17) is 0 Å². The van der Waals surface area contributed by atoms with Gasteiger partial charge in [-0.1, -0.05) is 61.5 Å². The van der Waals surface area contributed by atoms with Crippen molar-refractivity contribution in [2.45, 2.75) is 25.8 Å². The maximum absolute atomic E-state index is 11.8. The SMILES string of the molecule is CCCNc1c(NC(Cc2ccc(-c3ccccc3)cc2)C(=O)O)c(=O)c1=O. The zero-order chi connectivity index (χ0) is 20.1. The molecule has 0 amide bonds. The van der Waals surface area contributed by atoms with E-state index in [1.165, 1.54) is 0 Å². The number of aliphatic carboxylic acids is 1. The Hall–Kier alpha value is -3.41. The van der Waals surface area contributed by atoms with Gasteiger partial charge in [0.05, 0.1) is 0 Å². The summed E-state index contributed by atoms with van der Waals surface area (Å²) in [6, 6.07) is 16.5. The van der Waals surface area contributed by atoms with E-state index in [-0.39, 0.29) is 17.8 Å². The summed E-state index contributed by atoms with van der Waals surface area (Å²) in [4.78, 5) is 35.2. The minimum atomic E-state index is -1.08. The van der Waals surface area contributed by atoms with E-state index < -0.39 is 22.9 Å². The van der Waals surface area contributed by atoms with Gasteiger partial charge < -0.3 is 15.7 Å². The Morgan fingerprint density at radius 1 is 0.929 bits per heavy atom. The van der Waals surface area contributed by atoms with Crippen LogP contribution >= 0.6 is 0 Å². The van der Waals surface area contributed by atoms with Gasteiger partial charge in [0.15, 0.2) is 0 Å². The van der Waals surface area contributed by atoms with Crippen molar-refractivity contribution in [2.75, 3.05) is 17.2 Å². The fourth-order valence-electron chi connectivity index (χ4n) is 3.02. The van der Waals surface area contributed by atoms with Crippen LogP contribution in [0.1, 0.15) is 18.9 Å². The molecule has 0 aliphatic heterocycles. The number of rotatable bonds is 9. The Morgan fingerprint density at radius 3 is 2.14 bits per heavy atom. The maximum atomic E-state index is 11.8. The standard InChI is InChI=1S/C22H22N2O4/c1-2-12-23-18-19(21(26)20(18)25)24-17(22(27)28)13-14-8-10-16(11-9-14)15-6-4-3-5-7-15/h3-11,17,23-24H,2,12-13H2,1H3,(H,27,28). The maximum Gasteiger partial charge on any atom is 0.326 e. The third-order valence-electron chi connectivity index (χ3n) is 4.58. The lowest BCUT2D eigenvalue weighted by molar-refractivity contribution is -0.137. The zero-order valence-corrected chi connectivity index (χ0v) is 15.6. The highest BCUT2D eigenvalue weighted by Crippen LogP contribution is 2.21. The van der Waals surface area contributed by atoms with Crippen LogP contribution in [0, 0.1) is 0 Å². The Labute approximate surface area is 162 Å². The molecule has 6 nitrogen and oxygen atoms in total. The van der Waals surface area contributed by atoms with Crippen LogP contribution < -0.4 is 21.5 Å². The van der Waals surface area contributed by atoms with E-state index in [0.29, 0.717) is 6.54 Å². The monoisotopic (exact) mass is 378 g/mol. The van der Waals surface area contributed by atoms with Crippen molar-refractivity contribution < 1.29 is 9.90 Å². The van der Waals surface area contributed by atoms with E-state index in [2.05, 4.69) is 10.6 Å². The molecule has 1 unspecified atom stereocenters. The van der Waals surface area contributed by atoms with Gasteiger partial charge in [-0.25, -0.2) is 4.79 Å². The summed E-state index contributed by atoms with van der Waals surface area (Å²) in [6.45, 7) is 2.48. The van der Waals surface area contributed by atoms with Gasteiger partial charge in [-0.15, -0.1) is 0 Å². The van der Waals surface area contributed by atoms with E-state index in [0.717, 1.165) is 23.1 Å². The number of anilines is 2. The Balaban J connectivity index is 1.74. The first kappa shape index (κ1) is 19.4. The quantitative estimate of drug-likeness (QED) is 0.496. The van der Waals surface area contributed by atoms with Crippen LogP contribution in [0.4, 0.5) is 11.4 Å². The molecule has 0 fully saturated rings. The molecule has 3 N–H and O–H groups in total. The third-order valence-corrected chi connectivity index (χ3v) is 4.58. The average Bonchev–Trinajstić information content (AvgIpc) is 2.73. The smallest absolute Gasteiger partial charge is 0.326 e. The highest BCUT2D eigenvalue weighted by Gasteiger charge is 2.26. The van der Waals surface area contributed by atoms with Crippen LogP contribution in [0.3, 0.4) is 0 Å². The number of carboxylic acid groups (broad SMARTS) is 1. The van der Waals surface area contributed by atoms with Crippen molar-refractivity contribution in [3.05, 3.63) is 80.6 Å². The Kier molecular flexibility index (Phi) is 5.89. The summed E-state index contributed by atoms with van der Waals surface area (Å²) < 4.78 is 0. The Bertz CT molecular complexity index is 1020. The first-order chi connectivity index (χ1) is 13.5. The zero-order valence-electron chi connectivity index (χ0n) is 15.6. The lowest BCUT2D eigenvalue weighted by atomic mass is 10.00. The molecule has 0 radical (unpaired) electrons. The number of benzene rings is 2. The van der Waals surface area contributed by atoms with Crippen LogP contribution in [0.25, 0.3) is 11.1 Å².